The van der Waals surface area contributed by atoms with Gasteiger partial charge < -0.3 is 15.2 Å². The van der Waals surface area contributed by atoms with Crippen molar-refractivity contribution >= 4 is 22.8 Å². The Labute approximate surface area is 140 Å². The SMILES string of the molecule is COc1ccccc1C(C)=CC(=O)NCC(C)(O)c1cccs1. The molecule has 4 nitrogen and oxygen atoms in total. The number of aliphatic hydroxyl groups is 1. The van der Waals surface area contributed by atoms with Crippen molar-refractivity contribution in [2.45, 2.75) is 19.4 Å². The summed E-state index contributed by atoms with van der Waals surface area (Å²) < 4.78 is 5.30. The lowest BCUT2D eigenvalue weighted by molar-refractivity contribution is -0.117. The molecule has 1 heterocycles. The molecule has 1 aromatic heterocycles. The van der Waals surface area contributed by atoms with Gasteiger partial charge in [0.25, 0.3) is 0 Å². The zero-order valence-electron chi connectivity index (χ0n) is 13.5. The number of amides is 1. The summed E-state index contributed by atoms with van der Waals surface area (Å²) in [7, 11) is 1.60. The molecule has 122 valence electrons. The summed E-state index contributed by atoms with van der Waals surface area (Å²) in [6, 6.07) is 11.3. The number of carbonyl (C=O) groups is 1. The molecule has 0 aliphatic carbocycles. The monoisotopic (exact) mass is 331 g/mol. The van der Waals surface area contributed by atoms with E-state index in [1.165, 1.54) is 17.4 Å². The van der Waals surface area contributed by atoms with E-state index in [2.05, 4.69) is 5.32 Å². The van der Waals surface area contributed by atoms with Crippen LogP contribution in [-0.2, 0) is 10.4 Å². The quantitative estimate of drug-likeness (QED) is 0.799. The predicted molar refractivity (Wildman–Crippen MR) is 93.5 cm³/mol. The van der Waals surface area contributed by atoms with Gasteiger partial charge in [-0.3, -0.25) is 4.79 Å². The van der Waals surface area contributed by atoms with E-state index < -0.39 is 5.60 Å². The second-order valence-corrected chi connectivity index (χ2v) is 6.44. The normalized spacial score (nSPS) is 14.2. The Balaban J connectivity index is 2.04. The number of ether oxygens (including phenoxy) is 1. The Morgan fingerprint density at radius 2 is 2.09 bits per heavy atom. The number of thiophene rings is 1. The number of rotatable bonds is 6. The first kappa shape index (κ1) is 17.2. The fraction of sp³-hybridized carbons (Fsp3) is 0.278. The molecule has 1 aromatic carbocycles. The molecule has 0 aliphatic heterocycles. The Bertz CT molecular complexity index is 690. The maximum absolute atomic E-state index is 12.1. The molecule has 2 aromatic rings. The maximum Gasteiger partial charge on any atom is 0.244 e. The second kappa shape index (κ2) is 7.44. The van der Waals surface area contributed by atoms with E-state index in [1.54, 1.807) is 14.0 Å². The third-order valence-electron chi connectivity index (χ3n) is 3.54. The molecular formula is C18H21NO3S. The average Bonchev–Trinajstić information content (AvgIpc) is 3.08. The topological polar surface area (TPSA) is 58.6 Å². The first-order valence-electron chi connectivity index (χ1n) is 7.30. The number of methoxy groups -OCH3 is 1. The first-order chi connectivity index (χ1) is 10.9. The summed E-state index contributed by atoms with van der Waals surface area (Å²) in [5, 5.41) is 15.1. The summed E-state index contributed by atoms with van der Waals surface area (Å²) in [6.07, 6.45) is 1.52. The fourth-order valence-corrected chi connectivity index (χ4v) is 3.01. The molecule has 2 N–H and O–H groups in total. The largest absolute Gasteiger partial charge is 0.496 e. The smallest absolute Gasteiger partial charge is 0.244 e. The van der Waals surface area contributed by atoms with Crippen molar-refractivity contribution < 1.29 is 14.6 Å². The summed E-state index contributed by atoms with van der Waals surface area (Å²) in [5.41, 5.74) is 0.599. The number of carbonyl (C=O) groups excluding carboxylic acids is 1. The van der Waals surface area contributed by atoms with E-state index >= 15 is 0 Å². The van der Waals surface area contributed by atoms with E-state index in [0.717, 1.165) is 21.8 Å². The van der Waals surface area contributed by atoms with Gasteiger partial charge in [0.15, 0.2) is 0 Å². The van der Waals surface area contributed by atoms with Gasteiger partial charge in [-0.2, -0.15) is 0 Å². The van der Waals surface area contributed by atoms with Crippen LogP contribution in [0, 0.1) is 0 Å². The summed E-state index contributed by atoms with van der Waals surface area (Å²) in [5.74, 6) is 0.477. The van der Waals surface area contributed by atoms with Crippen molar-refractivity contribution in [2.24, 2.45) is 0 Å². The Kier molecular flexibility index (Phi) is 5.58. The highest BCUT2D eigenvalue weighted by Gasteiger charge is 2.24. The van der Waals surface area contributed by atoms with Gasteiger partial charge in [-0.15, -0.1) is 11.3 Å². The van der Waals surface area contributed by atoms with Crippen LogP contribution < -0.4 is 10.1 Å². The van der Waals surface area contributed by atoms with Crippen molar-refractivity contribution in [2.75, 3.05) is 13.7 Å². The van der Waals surface area contributed by atoms with Gasteiger partial charge in [0.1, 0.15) is 11.4 Å². The van der Waals surface area contributed by atoms with E-state index in [0.29, 0.717) is 0 Å². The third kappa shape index (κ3) is 4.43. The molecule has 0 saturated carbocycles. The molecule has 0 fully saturated rings. The van der Waals surface area contributed by atoms with Gasteiger partial charge in [0.05, 0.1) is 13.7 Å². The van der Waals surface area contributed by atoms with Gasteiger partial charge in [-0.1, -0.05) is 24.3 Å². The lowest BCUT2D eigenvalue weighted by atomic mass is 10.0. The molecule has 23 heavy (non-hydrogen) atoms. The molecule has 1 atom stereocenters. The van der Waals surface area contributed by atoms with E-state index in [-0.39, 0.29) is 12.5 Å². The third-order valence-corrected chi connectivity index (χ3v) is 4.66. The fourth-order valence-electron chi connectivity index (χ4n) is 2.23. The minimum atomic E-state index is -1.07. The van der Waals surface area contributed by atoms with Crippen molar-refractivity contribution in [3.63, 3.8) is 0 Å². The first-order valence-corrected chi connectivity index (χ1v) is 8.18. The molecule has 0 saturated heterocycles. The minimum absolute atomic E-state index is 0.155. The molecule has 5 heteroatoms. The Morgan fingerprint density at radius 1 is 1.35 bits per heavy atom. The molecular weight excluding hydrogens is 310 g/mol. The Hall–Kier alpha value is -2.11. The second-order valence-electron chi connectivity index (χ2n) is 5.50. The number of benzene rings is 1. The van der Waals surface area contributed by atoms with Crippen molar-refractivity contribution in [1.82, 2.24) is 5.32 Å². The molecule has 1 unspecified atom stereocenters. The number of hydrogen-bond donors (Lipinski definition) is 2. The highest BCUT2D eigenvalue weighted by atomic mass is 32.1. The average molecular weight is 331 g/mol. The summed E-state index contributed by atoms with van der Waals surface area (Å²) in [6.45, 7) is 3.70. The number of nitrogens with one attached hydrogen (secondary N) is 1. The van der Waals surface area contributed by atoms with Crippen LogP contribution in [0.2, 0.25) is 0 Å². The summed E-state index contributed by atoms with van der Waals surface area (Å²) in [4.78, 5) is 12.9. The standard InChI is InChI=1S/C18H21NO3S/c1-13(14-7-4-5-8-15(14)22-3)11-17(20)19-12-18(2,21)16-9-6-10-23-16/h4-11,21H,12H2,1-3H3,(H,19,20). The van der Waals surface area contributed by atoms with Gasteiger partial charge in [0, 0.05) is 16.5 Å². The molecule has 2 rings (SSSR count). The number of hydrogen-bond acceptors (Lipinski definition) is 4. The number of para-hydroxylation sites is 1. The lowest BCUT2D eigenvalue weighted by Gasteiger charge is -2.22. The van der Waals surface area contributed by atoms with E-state index in [9.17, 15) is 9.90 Å². The highest BCUT2D eigenvalue weighted by Crippen LogP contribution is 2.26. The minimum Gasteiger partial charge on any atom is -0.496 e. The zero-order valence-corrected chi connectivity index (χ0v) is 14.3. The van der Waals surface area contributed by atoms with Crippen LogP contribution in [0.4, 0.5) is 0 Å². The van der Waals surface area contributed by atoms with Crippen molar-refractivity contribution in [1.29, 1.82) is 0 Å². The summed E-state index contributed by atoms with van der Waals surface area (Å²) >= 11 is 1.46. The predicted octanol–water partition coefficient (Wildman–Crippen LogP) is 3.18. The van der Waals surface area contributed by atoms with Gasteiger partial charge >= 0.3 is 0 Å². The molecule has 0 spiro atoms. The molecule has 0 bridgehead atoms. The van der Waals surface area contributed by atoms with Crippen LogP contribution in [-0.4, -0.2) is 24.7 Å². The van der Waals surface area contributed by atoms with E-state index in [4.69, 9.17) is 4.74 Å². The molecule has 0 aliphatic rings. The van der Waals surface area contributed by atoms with Crippen LogP contribution in [0.25, 0.3) is 5.57 Å². The maximum atomic E-state index is 12.1. The van der Waals surface area contributed by atoms with Gasteiger partial charge in [-0.25, -0.2) is 0 Å². The van der Waals surface area contributed by atoms with Crippen LogP contribution in [0.15, 0.2) is 47.9 Å². The van der Waals surface area contributed by atoms with Gasteiger partial charge in [0.2, 0.25) is 5.91 Å². The van der Waals surface area contributed by atoms with Crippen LogP contribution >= 0.6 is 11.3 Å². The Morgan fingerprint density at radius 3 is 2.74 bits per heavy atom. The molecule has 1 amide bonds. The highest BCUT2D eigenvalue weighted by molar-refractivity contribution is 7.10. The molecule has 0 radical (unpaired) electrons. The van der Waals surface area contributed by atoms with Crippen LogP contribution in [0.5, 0.6) is 5.75 Å². The van der Waals surface area contributed by atoms with Gasteiger partial charge in [-0.05, 0) is 36.9 Å². The van der Waals surface area contributed by atoms with Crippen LogP contribution in [0.3, 0.4) is 0 Å². The van der Waals surface area contributed by atoms with Crippen molar-refractivity contribution in [3.05, 3.63) is 58.3 Å². The lowest BCUT2D eigenvalue weighted by Crippen LogP contribution is -2.37. The van der Waals surface area contributed by atoms with Crippen LogP contribution in [0.1, 0.15) is 24.3 Å². The van der Waals surface area contributed by atoms with Crippen molar-refractivity contribution in [3.8, 4) is 5.75 Å². The van der Waals surface area contributed by atoms with E-state index in [1.807, 2.05) is 48.7 Å². The number of allylic oxidation sites excluding steroid dienone is 1. The zero-order chi connectivity index (χ0) is 16.9.